The first-order valence-corrected chi connectivity index (χ1v) is 9.95. The minimum Gasteiger partial charge on any atom is -0.462 e. The van der Waals surface area contributed by atoms with Gasteiger partial charge in [-0.05, 0) is 55.8 Å². The Hall–Kier alpha value is -3.39. The molecule has 2 aromatic carbocycles. The molecule has 0 aliphatic rings. The zero-order valence-electron chi connectivity index (χ0n) is 17.2. The molecule has 0 saturated carbocycles. The number of anilines is 2. The number of hydrogen-bond donors (Lipinski definition) is 2. The van der Waals surface area contributed by atoms with Crippen LogP contribution in [0.2, 0.25) is 5.02 Å². The standard InChI is InChI=1S/C22H23ClN2O6/c1-3-30-22(29)15-7-9-16(10-8-15)24-19(26)11-12-21(28)31-13-20(27)25-18-6-4-5-17(23)14(18)2/h4-10H,3,11-13H2,1-2H3,(H,24,26)(H,25,27). The second-order valence-corrected chi connectivity index (χ2v) is 6.87. The van der Waals surface area contributed by atoms with Crippen LogP contribution in [0.3, 0.4) is 0 Å². The number of rotatable bonds is 9. The summed E-state index contributed by atoms with van der Waals surface area (Å²) < 4.78 is 9.78. The highest BCUT2D eigenvalue weighted by Crippen LogP contribution is 2.22. The fraction of sp³-hybridized carbons (Fsp3) is 0.273. The van der Waals surface area contributed by atoms with Crippen LogP contribution in [0.25, 0.3) is 0 Å². The number of benzene rings is 2. The summed E-state index contributed by atoms with van der Waals surface area (Å²) in [5.74, 6) is -2.03. The van der Waals surface area contributed by atoms with E-state index >= 15 is 0 Å². The van der Waals surface area contributed by atoms with E-state index in [-0.39, 0.29) is 19.4 Å². The highest BCUT2D eigenvalue weighted by Gasteiger charge is 2.13. The number of nitrogens with one attached hydrogen (secondary N) is 2. The fourth-order valence-corrected chi connectivity index (χ4v) is 2.67. The van der Waals surface area contributed by atoms with E-state index in [2.05, 4.69) is 10.6 Å². The quantitative estimate of drug-likeness (QED) is 0.568. The van der Waals surface area contributed by atoms with Crippen molar-refractivity contribution < 1.29 is 28.7 Å². The number of carbonyl (C=O) groups excluding carboxylic acids is 4. The molecule has 8 nitrogen and oxygen atoms in total. The van der Waals surface area contributed by atoms with Crippen molar-refractivity contribution in [1.29, 1.82) is 0 Å². The van der Waals surface area contributed by atoms with Crippen LogP contribution in [-0.4, -0.2) is 37.0 Å². The highest BCUT2D eigenvalue weighted by molar-refractivity contribution is 6.31. The molecule has 0 unspecified atom stereocenters. The maximum Gasteiger partial charge on any atom is 0.338 e. The number of amides is 2. The molecule has 0 aliphatic carbocycles. The molecule has 0 heterocycles. The van der Waals surface area contributed by atoms with Gasteiger partial charge in [0.05, 0.1) is 18.6 Å². The summed E-state index contributed by atoms with van der Waals surface area (Å²) >= 11 is 5.99. The summed E-state index contributed by atoms with van der Waals surface area (Å²) in [7, 11) is 0. The Kier molecular flexibility index (Phi) is 9.02. The van der Waals surface area contributed by atoms with E-state index in [1.807, 2.05) is 0 Å². The molecule has 2 amide bonds. The summed E-state index contributed by atoms with van der Waals surface area (Å²) in [6.07, 6.45) is -0.302. The Balaban J connectivity index is 1.72. The third-order valence-electron chi connectivity index (χ3n) is 4.14. The second kappa shape index (κ2) is 11.7. The van der Waals surface area contributed by atoms with Crippen molar-refractivity contribution >= 4 is 46.7 Å². The number of hydrogen-bond acceptors (Lipinski definition) is 6. The van der Waals surface area contributed by atoms with Crippen LogP contribution < -0.4 is 10.6 Å². The van der Waals surface area contributed by atoms with Crippen molar-refractivity contribution in [1.82, 2.24) is 0 Å². The van der Waals surface area contributed by atoms with Crippen molar-refractivity contribution in [2.75, 3.05) is 23.8 Å². The van der Waals surface area contributed by atoms with Gasteiger partial charge in [-0.15, -0.1) is 0 Å². The van der Waals surface area contributed by atoms with Gasteiger partial charge in [-0.25, -0.2) is 4.79 Å². The lowest BCUT2D eigenvalue weighted by Gasteiger charge is -2.10. The van der Waals surface area contributed by atoms with Gasteiger partial charge in [0.15, 0.2) is 6.61 Å². The van der Waals surface area contributed by atoms with Gasteiger partial charge in [-0.2, -0.15) is 0 Å². The van der Waals surface area contributed by atoms with Gasteiger partial charge in [0.1, 0.15) is 0 Å². The number of esters is 2. The first kappa shape index (κ1) is 23.9. The zero-order chi connectivity index (χ0) is 22.8. The van der Waals surface area contributed by atoms with Crippen LogP contribution in [0.4, 0.5) is 11.4 Å². The van der Waals surface area contributed by atoms with Gasteiger partial charge in [0, 0.05) is 22.8 Å². The summed E-state index contributed by atoms with van der Waals surface area (Å²) in [6, 6.07) is 11.3. The van der Waals surface area contributed by atoms with Crippen molar-refractivity contribution in [2.24, 2.45) is 0 Å². The Bertz CT molecular complexity index is 959. The van der Waals surface area contributed by atoms with Gasteiger partial charge < -0.3 is 20.1 Å². The molecule has 0 aliphatic heterocycles. The maximum atomic E-state index is 12.0. The molecule has 0 fully saturated rings. The van der Waals surface area contributed by atoms with Crippen molar-refractivity contribution in [3.63, 3.8) is 0 Å². The lowest BCUT2D eigenvalue weighted by atomic mass is 10.2. The molecular formula is C22H23ClN2O6. The molecule has 0 aromatic heterocycles. The third-order valence-corrected chi connectivity index (χ3v) is 4.55. The number of ether oxygens (including phenoxy) is 2. The molecule has 0 bridgehead atoms. The second-order valence-electron chi connectivity index (χ2n) is 6.47. The van der Waals surface area contributed by atoms with Crippen LogP contribution >= 0.6 is 11.6 Å². The van der Waals surface area contributed by atoms with Gasteiger partial charge in [0.2, 0.25) is 5.91 Å². The highest BCUT2D eigenvalue weighted by atomic mass is 35.5. The van der Waals surface area contributed by atoms with E-state index in [4.69, 9.17) is 21.1 Å². The molecular weight excluding hydrogens is 424 g/mol. The lowest BCUT2D eigenvalue weighted by Crippen LogP contribution is -2.22. The van der Waals surface area contributed by atoms with Crippen molar-refractivity contribution in [2.45, 2.75) is 26.7 Å². The minimum absolute atomic E-state index is 0.118. The molecule has 0 atom stereocenters. The SMILES string of the molecule is CCOC(=O)c1ccc(NC(=O)CCC(=O)OCC(=O)Nc2cccc(Cl)c2C)cc1. The monoisotopic (exact) mass is 446 g/mol. The molecule has 2 aromatic rings. The van der Waals surface area contributed by atoms with E-state index in [9.17, 15) is 19.2 Å². The van der Waals surface area contributed by atoms with E-state index in [0.29, 0.717) is 27.5 Å². The van der Waals surface area contributed by atoms with E-state index in [1.165, 1.54) is 12.1 Å². The Labute approximate surface area is 184 Å². The number of carbonyl (C=O) groups is 4. The molecule has 164 valence electrons. The minimum atomic E-state index is -0.675. The first-order valence-electron chi connectivity index (χ1n) is 9.57. The molecule has 9 heteroatoms. The Morgan fingerprint density at radius 3 is 2.29 bits per heavy atom. The average Bonchev–Trinajstić information content (AvgIpc) is 2.74. The first-order chi connectivity index (χ1) is 14.8. The normalized spacial score (nSPS) is 10.2. The van der Waals surface area contributed by atoms with Crippen LogP contribution in [0.5, 0.6) is 0 Å². The van der Waals surface area contributed by atoms with E-state index in [1.54, 1.807) is 44.2 Å². The van der Waals surface area contributed by atoms with Crippen LogP contribution in [0.1, 0.15) is 35.7 Å². The smallest absolute Gasteiger partial charge is 0.338 e. The average molecular weight is 447 g/mol. The molecule has 0 radical (unpaired) electrons. The molecule has 2 rings (SSSR count). The summed E-state index contributed by atoms with van der Waals surface area (Å²) in [4.78, 5) is 47.3. The van der Waals surface area contributed by atoms with E-state index in [0.717, 1.165) is 0 Å². The predicted molar refractivity (Wildman–Crippen MR) is 116 cm³/mol. The van der Waals surface area contributed by atoms with Crippen molar-refractivity contribution in [3.05, 3.63) is 58.6 Å². The molecule has 31 heavy (non-hydrogen) atoms. The van der Waals surface area contributed by atoms with Gasteiger partial charge >= 0.3 is 11.9 Å². The topological polar surface area (TPSA) is 111 Å². The largest absolute Gasteiger partial charge is 0.462 e. The number of halogens is 1. The van der Waals surface area contributed by atoms with Gasteiger partial charge in [0.25, 0.3) is 5.91 Å². The third kappa shape index (κ3) is 7.75. The van der Waals surface area contributed by atoms with E-state index < -0.39 is 30.4 Å². The summed E-state index contributed by atoms with van der Waals surface area (Å²) in [5.41, 5.74) is 2.08. The van der Waals surface area contributed by atoms with Crippen LogP contribution in [0.15, 0.2) is 42.5 Å². The van der Waals surface area contributed by atoms with Crippen molar-refractivity contribution in [3.8, 4) is 0 Å². The molecule has 0 spiro atoms. The van der Waals surface area contributed by atoms with Gasteiger partial charge in [-0.3, -0.25) is 14.4 Å². The van der Waals surface area contributed by atoms with Crippen LogP contribution in [0, 0.1) is 6.92 Å². The predicted octanol–water partition coefficient (Wildman–Crippen LogP) is 3.73. The maximum absolute atomic E-state index is 12.0. The Morgan fingerprint density at radius 1 is 0.903 bits per heavy atom. The molecule has 2 N–H and O–H groups in total. The summed E-state index contributed by atoms with van der Waals surface area (Å²) in [5, 5.41) is 5.74. The molecule has 0 saturated heterocycles. The van der Waals surface area contributed by atoms with Crippen LogP contribution in [-0.2, 0) is 23.9 Å². The zero-order valence-corrected chi connectivity index (χ0v) is 18.0. The Morgan fingerprint density at radius 2 is 1.61 bits per heavy atom. The fourth-order valence-electron chi connectivity index (χ4n) is 2.49. The van der Waals surface area contributed by atoms with Gasteiger partial charge in [-0.1, -0.05) is 17.7 Å². The summed E-state index contributed by atoms with van der Waals surface area (Å²) in [6.45, 7) is 3.27. The lowest BCUT2D eigenvalue weighted by molar-refractivity contribution is -0.147.